The van der Waals surface area contributed by atoms with E-state index in [0.29, 0.717) is 43.5 Å². The summed E-state index contributed by atoms with van der Waals surface area (Å²) < 4.78 is 37.4. The van der Waals surface area contributed by atoms with Crippen LogP contribution in [0, 0.1) is 11.8 Å². The second-order valence-corrected chi connectivity index (χ2v) is 10.1. The van der Waals surface area contributed by atoms with E-state index >= 15 is 0 Å². The number of ether oxygens (including phenoxy) is 1. The van der Waals surface area contributed by atoms with Crippen molar-refractivity contribution in [2.75, 3.05) is 38.2 Å². The molecule has 1 saturated heterocycles. The molecule has 0 amide bonds. The van der Waals surface area contributed by atoms with E-state index < -0.39 is 5.95 Å². The number of halogens is 2. The molecule has 0 atom stereocenters. The van der Waals surface area contributed by atoms with Gasteiger partial charge in [0.15, 0.2) is 0 Å². The Morgan fingerprint density at radius 2 is 1.95 bits per heavy atom. The predicted octanol–water partition coefficient (Wildman–Crippen LogP) is 4.84. The molecule has 0 unspecified atom stereocenters. The van der Waals surface area contributed by atoms with Crippen molar-refractivity contribution in [2.45, 2.75) is 13.1 Å². The van der Waals surface area contributed by atoms with Gasteiger partial charge in [-0.2, -0.15) is 4.39 Å². The average molecular weight is 534 g/mol. The molecule has 8 nitrogen and oxygen atoms in total. The van der Waals surface area contributed by atoms with Crippen LogP contribution in [-0.4, -0.2) is 62.7 Å². The molecule has 0 radical (unpaired) electrons. The van der Waals surface area contributed by atoms with Crippen molar-refractivity contribution in [3.8, 4) is 21.7 Å². The number of hydrogen-bond donors (Lipinski definition) is 1. The molecule has 0 spiro atoms. The van der Waals surface area contributed by atoms with Crippen LogP contribution in [0.25, 0.3) is 31.8 Å². The minimum atomic E-state index is -0.640. The minimum Gasteiger partial charge on any atom is -0.379 e. The zero-order valence-electron chi connectivity index (χ0n) is 20.5. The van der Waals surface area contributed by atoms with Crippen molar-refractivity contribution < 1.29 is 13.5 Å². The van der Waals surface area contributed by atoms with Gasteiger partial charge in [0.05, 0.1) is 37.0 Å². The topological polar surface area (TPSA) is 81.0 Å². The second kappa shape index (κ2) is 10.9. The average Bonchev–Trinajstić information content (AvgIpc) is 3.61. The van der Waals surface area contributed by atoms with E-state index in [4.69, 9.17) is 4.74 Å². The third-order valence-electron chi connectivity index (χ3n) is 6.48. The third kappa shape index (κ3) is 5.26. The molecule has 1 N–H and O–H groups in total. The van der Waals surface area contributed by atoms with Gasteiger partial charge in [-0.1, -0.05) is 29.5 Å². The first kappa shape index (κ1) is 24.5. The van der Waals surface area contributed by atoms with E-state index in [1.807, 2.05) is 30.3 Å². The first-order chi connectivity index (χ1) is 18.6. The van der Waals surface area contributed by atoms with E-state index in [1.54, 1.807) is 23.1 Å². The Morgan fingerprint density at radius 3 is 2.79 bits per heavy atom. The lowest BCUT2D eigenvalue weighted by Gasteiger charge is -2.27. The zero-order chi connectivity index (χ0) is 25.9. The largest absolute Gasteiger partial charge is 0.379 e. The summed E-state index contributed by atoms with van der Waals surface area (Å²) in [5.74, 6) is -0.461. The number of fused-ring (bicyclic) bond motifs is 1. The third-order valence-corrected chi connectivity index (χ3v) is 7.67. The van der Waals surface area contributed by atoms with E-state index in [0.717, 1.165) is 39.9 Å². The van der Waals surface area contributed by atoms with Gasteiger partial charge in [-0.25, -0.2) is 14.4 Å². The summed E-state index contributed by atoms with van der Waals surface area (Å²) in [6.45, 7) is 4.89. The molecule has 2 aromatic carbocycles. The standard InChI is InChI=1S/C27H25F2N7OS/c28-20-5-4-19(17-35-10-12-37-13-11-35)22(15-20)21-3-1-2-18-14-23(38-26(18)21)25-27(29)31-16-24(33-25)30-6-8-36-9-7-32-34-36/h1-5,7,9,14-16H,6,8,10-13,17H2,(H,30,33). The highest BCUT2D eigenvalue weighted by Gasteiger charge is 2.19. The molecule has 6 rings (SSSR count). The molecule has 0 aliphatic carbocycles. The van der Waals surface area contributed by atoms with Crippen molar-refractivity contribution >= 4 is 27.2 Å². The molecule has 1 aliphatic rings. The number of aromatic nitrogens is 5. The van der Waals surface area contributed by atoms with Crippen LogP contribution in [0.5, 0.6) is 0 Å². The lowest BCUT2D eigenvalue weighted by molar-refractivity contribution is 0.0342. The summed E-state index contributed by atoms with van der Waals surface area (Å²) in [5.41, 5.74) is 2.97. The van der Waals surface area contributed by atoms with Crippen LogP contribution in [0.3, 0.4) is 0 Å². The minimum absolute atomic E-state index is 0.177. The fourth-order valence-corrected chi connectivity index (χ4v) is 5.76. The van der Waals surface area contributed by atoms with Crippen molar-refractivity contribution in [1.82, 2.24) is 29.9 Å². The molecule has 11 heteroatoms. The maximum atomic E-state index is 14.8. The number of nitrogens with zero attached hydrogens (tertiary/aromatic N) is 6. The van der Waals surface area contributed by atoms with Crippen LogP contribution in [0.1, 0.15) is 5.56 Å². The van der Waals surface area contributed by atoms with E-state index in [1.165, 1.54) is 23.6 Å². The van der Waals surface area contributed by atoms with Crippen molar-refractivity contribution in [3.05, 3.63) is 78.4 Å². The number of nitrogens with one attached hydrogen (secondary N) is 1. The van der Waals surface area contributed by atoms with Gasteiger partial charge in [0.2, 0.25) is 5.95 Å². The zero-order valence-corrected chi connectivity index (χ0v) is 21.3. The van der Waals surface area contributed by atoms with Gasteiger partial charge in [0.1, 0.15) is 17.3 Å². The molecule has 194 valence electrons. The van der Waals surface area contributed by atoms with Crippen molar-refractivity contribution in [3.63, 3.8) is 0 Å². The highest BCUT2D eigenvalue weighted by atomic mass is 32.1. The summed E-state index contributed by atoms with van der Waals surface area (Å²) >= 11 is 1.43. The number of anilines is 1. The van der Waals surface area contributed by atoms with Crippen LogP contribution in [0.2, 0.25) is 0 Å². The van der Waals surface area contributed by atoms with Crippen molar-refractivity contribution in [2.24, 2.45) is 0 Å². The van der Waals surface area contributed by atoms with Gasteiger partial charge in [0, 0.05) is 37.1 Å². The summed E-state index contributed by atoms with van der Waals surface area (Å²) in [5, 5.41) is 11.8. The smallest absolute Gasteiger partial charge is 0.240 e. The Hall–Kier alpha value is -3.80. The van der Waals surface area contributed by atoms with Crippen LogP contribution >= 0.6 is 11.3 Å². The number of benzene rings is 2. The summed E-state index contributed by atoms with van der Waals surface area (Å²) in [6, 6.07) is 12.8. The molecular weight excluding hydrogens is 508 g/mol. The second-order valence-electron chi connectivity index (χ2n) is 9.01. The van der Waals surface area contributed by atoms with Gasteiger partial charge in [-0.05, 0) is 40.3 Å². The normalized spacial score (nSPS) is 14.3. The number of thiophene rings is 1. The van der Waals surface area contributed by atoms with Crippen LogP contribution < -0.4 is 5.32 Å². The Kier molecular flexibility index (Phi) is 7.04. The highest BCUT2D eigenvalue weighted by molar-refractivity contribution is 7.22. The molecular formula is C27H25F2N7OS. The summed E-state index contributed by atoms with van der Waals surface area (Å²) in [6.07, 6.45) is 4.76. The molecule has 1 aliphatic heterocycles. The SMILES string of the molecule is Fc1ccc(CN2CCOCC2)c(-c2cccc3cc(-c4nc(NCCn5ccnn5)cnc4F)sc23)c1. The Labute approximate surface area is 221 Å². The monoisotopic (exact) mass is 533 g/mol. The van der Waals surface area contributed by atoms with Gasteiger partial charge in [-0.3, -0.25) is 9.58 Å². The molecule has 1 fully saturated rings. The van der Waals surface area contributed by atoms with Gasteiger partial charge < -0.3 is 10.1 Å². The number of rotatable bonds is 8. The molecule has 3 aromatic heterocycles. The van der Waals surface area contributed by atoms with Crippen LogP contribution in [0.15, 0.2) is 61.1 Å². The fraction of sp³-hybridized carbons (Fsp3) is 0.259. The first-order valence-electron chi connectivity index (χ1n) is 12.4. The first-order valence-corrected chi connectivity index (χ1v) is 13.2. The summed E-state index contributed by atoms with van der Waals surface area (Å²) in [7, 11) is 0. The Balaban J connectivity index is 1.32. The Bertz CT molecular complexity index is 1550. The number of hydrogen-bond acceptors (Lipinski definition) is 8. The maximum absolute atomic E-state index is 14.8. The van der Waals surface area contributed by atoms with Gasteiger partial charge in [-0.15, -0.1) is 16.4 Å². The predicted molar refractivity (Wildman–Crippen MR) is 143 cm³/mol. The van der Waals surface area contributed by atoms with E-state index in [-0.39, 0.29) is 11.5 Å². The fourth-order valence-electron chi connectivity index (χ4n) is 4.60. The molecule has 4 heterocycles. The number of morpholine rings is 1. The molecule has 5 aromatic rings. The lowest BCUT2D eigenvalue weighted by Crippen LogP contribution is -2.35. The van der Waals surface area contributed by atoms with E-state index in [2.05, 4.69) is 30.5 Å². The van der Waals surface area contributed by atoms with Crippen LogP contribution in [0.4, 0.5) is 14.6 Å². The van der Waals surface area contributed by atoms with Crippen LogP contribution in [-0.2, 0) is 17.8 Å². The van der Waals surface area contributed by atoms with Crippen molar-refractivity contribution in [1.29, 1.82) is 0 Å². The highest BCUT2D eigenvalue weighted by Crippen LogP contribution is 2.40. The summed E-state index contributed by atoms with van der Waals surface area (Å²) in [4.78, 5) is 11.4. The van der Waals surface area contributed by atoms with E-state index in [9.17, 15) is 8.78 Å². The maximum Gasteiger partial charge on any atom is 0.240 e. The molecule has 0 bridgehead atoms. The lowest BCUT2D eigenvalue weighted by atomic mass is 9.98. The molecule has 38 heavy (non-hydrogen) atoms. The van der Waals surface area contributed by atoms with Gasteiger partial charge in [0.25, 0.3) is 0 Å². The quantitative estimate of drug-likeness (QED) is 0.306. The molecule has 0 saturated carbocycles. The Morgan fingerprint density at radius 1 is 1.05 bits per heavy atom. The van der Waals surface area contributed by atoms with Gasteiger partial charge >= 0.3 is 0 Å².